The van der Waals surface area contributed by atoms with Gasteiger partial charge in [-0.15, -0.1) is 0 Å². The highest BCUT2D eigenvalue weighted by molar-refractivity contribution is 9.09. The number of nitrogens with zero attached hydrogens (tertiary/aromatic N) is 1. The fourth-order valence-electron chi connectivity index (χ4n) is 1.75. The van der Waals surface area contributed by atoms with Gasteiger partial charge in [0.15, 0.2) is 0 Å². The van der Waals surface area contributed by atoms with E-state index < -0.39 is 13.0 Å². The smallest absolute Gasteiger partial charge is 0.255 e. The molecule has 0 N–H and O–H groups in total. The Balaban J connectivity index is 2.50. The maximum atomic E-state index is 12.3. The van der Waals surface area contributed by atoms with Crippen molar-refractivity contribution in [2.45, 2.75) is 19.3 Å². The molecule has 1 amide bonds. The van der Waals surface area contributed by atoms with E-state index in [1.165, 1.54) is 4.90 Å². The third kappa shape index (κ3) is 4.33. The molecule has 3 nitrogen and oxygen atoms in total. The van der Waals surface area contributed by atoms with Crippen LogP contribution in [0, 0.1) is 5.92 Å². The van der Waals surface area contributed by atoms with E-state index in [2.05, 4.69) is 15.9 Å². The van der Waals surface area contributed by atoms with E-state index in [0.29, 0.717) is 25.1 Å². The van der Waals surface area contributed by atoms with Crippen LogP contribution < -0.4 is 0 Å². The first-order chi connectivity index (χ1) is 7.65. The molecular formula is C10H16BrF2NO2. The maximum Gasteiger partial charge on any atom is 0.255 e. The number of carbonyl (C=O) groups excluding carboxylic acids is 1. The highest BCUT2D eigenvalue weighted by Crippen LogP contribution is 2.17. The number of halogens is 3. The van der Waals surface area contributed by atoms with Crippen molar-refractivity contribution in [3.8, 4) is 0 Å². The molecule has 0 bridgehead atoms. The Kier molecular flexibility index (Phi) is 6.20. The SMILES string of the molecule is O=C(C1CCCOC1)N(CCBr)CC(F)F. The van der Waals surface area contributed by atoms with Crippen molar-refractivity contribution >= 4 is 21.8 Å². The predicted molar refractivity (Wildman–Crippen MR) is 59.9 cm³/mol. The normalized spacial score (nSPS) is 21.1. The third-order valence-corrected chi connectivity index (χ3v) is 2.89. The van der Waals surface area contributed by atoms with E-state index in [4.69, 9.17) is 4.74 Å². The van der Waals surface area contributed by atoms with Gasteiger partial charge >= 0.3 is 0 Å². The van der Waals surface area contributed by atoms with Gasteiger partial charge in [-0.2, -0.15) is 0 Å². The quantitative estimate of drug-likeness (QED) is 0.726. The molecule has 0 spiro atoms. The van der Waals surface area contributed by atoms with Crippen LogP contribution in [0.25, 0.3) is 0 Å². The molecular weight excluding hydrogens is 284 g/mol. The summed E-state index contributed by atoms with van der Waals surface area (Å²) in [6, 6.07) is 0. The summed E-state index contributed by atoms with van der Waals surface area (Å²) >= 11 is 3.16. The molecule has 1 aliphatic heterocycles. The largest absolute Gasteiger partial charge is 0.381 e. The third-order valence-electron chi connectivity index (χ3n) is 2.53. The van der Waals surface area contributed by atoms with Gasteiger partial charge in [0.05, 0.1) is 19.1 Å². The topological polar surface area (TPSA) is 29.5 Å². The van der Waals surface area contributed by atoms with Gasteiger partial charge in [0.1, 0.15) is 0 Å². The van der Waals surface area contributed by atoms with Gasteiger partial charge in [-0.05, 0) is 12.8 Å². The minimum atomic E-state index is -2.48. The van der Waals surface area contributed by atoms with E-state index in [9.17, 15) is 13.6 Å². The Morgan fingerprint density at radius 1 is 1.56 bits per heavy atom. The second-order valence-electron chi connectivity index (χ2n) is 3.78. The van der Waals surface area contributed by atoms with E-state index in [-0.39, 0.29) is 11.8 Å². The summed E-state index contributed by atoms with van der Waals surface area (Å²) < 4.78 is 29.8. The lowest BCUT2D eigenvalue weighted by molar-refractivity contribution is -0.141. The van der Waals surface area contributed by atoms with Crippen LogP contribution in [0.4, 0.5) is 8.78 Å². The molecule has 6 heteroatoms. The average Bonchev–Trinajstić information content (AvgIpc) is 2.28. The number of carbonyl (C=O) groups is 1. The summed E-state index contributed by atoms with van der Waals surface area (Å²) in [5, 5.41) is 0.513. The summed E-state index contributed by atoms with van der Waals surface area (Å²) in [5.74, 6) is -0.453. The van der Waals surface area contributed by atoms with Gasteiger partial charge in [-0.25, -0.2) is 8.78 Å². The first-order valence-corrected chi connectivity index (χ1v) is 6.48. The van der Waals surface area contributed by atoms with Crippen LogP contribution in [-0.2, 0) is 9.53 Å². The van der Waals surface area contributed by atoms with Gasteiger partial charge in [0.2, 0.25) is 5.91 Å². The standard InChI is InChI=1S/C10H16BrF2NO2/c11-3-4-14(6-9(12)13)10(15)8-2-1-5-16-7-8/h8-9H,1-7H2. The van der Waals surface area contributed by atoms with Crippen LogP contribution in [0.1, 0.15) is 12.8 Å². The van der Waals surface area contributed by atoms with E-state index in [1.54, 1.807) is 0 Å². The zero-order valence-electron chi connectivity index (χ0n) is 9.00. The minimum Gasteiger partial charge on any atom is -0.381 e. The Labute approximate surface area is 102 Å². The molecule has 1 unspecified atom stereocenters. The lowest BCUT2D eigenvalue weighted by atomic mass is 10.0. The van der Waals surface area contributed by atoms with Gasteiger partial charge < -0.3 is 9.64 Å². The average molecular weight is 300 g/mol. The second kappa shape index (κ2) is 7.17. The van der Waals surface area contributed by atoms with Crippen molar-refractivity contribution in [2.24, 2.45) is 5.92 Å². The number of hydrogen-bond acceptors (Lipinski definition) is 2. The number of amides is 1. The molecule has 0 aromatic heterocycles. The molecule has 0 radical (unpaired) electrons. The molecule has 1 fully saturated rings. The van der Waals surface area contributed by atoms with Crippen LogP contribution >= 0.6 is 15.9 Å². The van der Waals surface area contributed by atoms with Crippen LogP contribution in [-0.4, -0.2) is 48.9 Å². The summed E-state index contributed by atoms with van der Waals surface area (Å²) in [4.78, 5) is 13.1. The number of rotatable bonds is 5. The van der Waals surface area contributed by atoms with Gasteiger partial charge in [-0.1, -0.05) is 15.9 Å². The second-order valence-corrected chi connectivity index (χ2v) is 4.57. The molecule has 0 aromatic rings. The first-order valence-electron chi connectivity index (χ1n) is 5.35. The van der Waals surface area contributed by atoms with Gasteiger partial charge in [0, 0.05) is 18.5 Å². The Hall–Kier alpha value is -0.230. The summed E-state index contributed by atoms with van der Waals surface area (Å²) in [5.41, 5.74) is 0. The van der Waals surface area contributed by atoms with E-state index in [0.717, 1.165) is 12.8 Å². The van der Waals surface area contributed by atoms with Gasteiger partial charge in [0.25, 0.3) is 6.43 Å². The van der Waals surface area contributed by atoms with Crippen LogP contribution in [0.3, 0.4) is 0 Å². The number of ether oxygens (including phenoxy) is 1. The molecule has 0 aromatic carbocycles. The molecule has 1 atom stereocenters. The first kappa shape index (κ1) is 13.8. The lowest BCUT2D eigenvalue weighted by Crippen LogP contribution is -2.42. The highest BCUT2D eigenvalue weighted by atomic mass is 79.9. The summed E-state index contributed by atoms with van der Waals surface area (Å²) in [6.07, 6.45) is -0.916. The Bertz CT molecular complexity index is 223. The number of hydrogen-bond donors (Lipinski definition) is 0. The van der Waals surface area contributed by atoms with Crippen molar-refractivity contribution in [2.75, 3.05) is 31.6 Å². The van der Waals surface area contributed by atoms with Crippen molar-refractivity contribution in [3.63, 3.8) is 0 Å². The molecule has 0 aliphatic carbocycles. The van der Waals surface area contributed by atoms with Gasteiger partial charge in [-0.3, -0.25) is 4.79 Å². The molecule has 1 rings (SSSR count). The summed E-state index contributed by atoms with van der Waals surface area (Å²) in [7, 11) is 0. The predicted octanol–water partition coefficient (Wildman–Crippen LogP) is 1.90. The van der Waals surface area contributed by atoms with Crippen molar-refractivity contribution in [3.05, 3.63) is 0 Å². The van der Waals surface area contributed by atoms with Crippen LogP contribution in [0.15, 0.2) is 0 Å². The van der Waals surface area contributed by atoms with E-state index >= 15 is 0 Å². The monoisotopic (exact) mass is 299 g/mol. The van der Waals surface area contributed by atoms with Crippen molar-refractivity contribution in [1.29, 1.82) is 0 Å². The van der Waals surface area contributed by atoms with Crippen LogP contribution in [0.5, 0.6) is 0 Å². The van der Waals surface area contributed by atoms with Crippen molar-refractivity contribution < 1.29 is 18.3 Å². The lowest BCUT2D eigenvalue weighted by Gasteiger charge is -2.28. The molecule has 1 saturated heterocycles. The molecule has 1 aliphatic rings. The van der Waals surface area contributed by atoms with E-state index in [1.807, 2.05) is 0 Å². The zero-order valence-corrected chi connectivity index (χ0v) is 10.6. The Morgan fingerprint density at radius 2 is 2.31 bits per heavy atom. The molecule has 16 heavy (non-hydrogen) atoms. The highest BCUT2D eigenvalue weighted by Gasteiger charge is 2.27. The minimum absolute atomic E-state index is 0.209. The molecule has 1 heterocycles. The fraction of sp³-hybridized carbons (Fsp3) is 0.900. The van der Waals surface area contributed by atoms with Crippen molar-refractivity contribution in [1.82, 2.24) is 4.90 Å². The molecule has 94 valence electrons. The summed E-state index contributed by atoms with van der Waals surface area (Å²) in [6.45, 7) is 0.860. The molecule has 0 saturated carbocycles. The fourth-order valence-corrected chi connectivity index (χ4v) is 2.18. The van der Waals surface area contributed by atoms with Crippen LogP contribution in [0.2, 0.25) is 0 Å². The Morgan fingerprint density at radius 3 is 2.81 bits per heavy atom. The maximum absolute atomic E-state index is 12.3. The zero-order chi connectivity index (χ0) is 12.0. The number of alkyl halides is 3.